The summed E-state index contributed by atoms with van der Waals surface area (Å²) in [5.41, 5.74) is 0. The van der Waals surface area contributed by atoms with Crippen LogP contribution in [0.2, 0.25) is 15.8 Å². The molecular formula is C19H49AlMgO2. The maximum absolute atomic E-state index is 3.60. The van der Waals surface area contributed by atoms with Gasteiger partial charge in [-0.15, -0.1) is 0 Å². The minimum Gasteiger partial charge on any atom is -0.412 e. The Morgan fingerprint density at radius 2 is 0.913 bits per heavy atom. The Morgan fingerprint density at radius 1 is 0.739 bits per heavy atom. The average molecular weight is 361 g/mol. The third kappa shape index (κ3) is 51.7. The number of rotatable bonds is 7. The zero-order valence-electron chi connectivity index (χ0n) is 17.0. The summed E-state index contributed by atoms with van der Waals surface area (Å²) >= 11 is -0.407. The minimum absolute atomic E-state index is 0. The first-order chi connectivity index (χ1) is 8.83. The summed E-state index contributed by atoms with van der Waals surface area (Å²) in [5.74, 6) is 2.78. The van der Waals surface area contributed by atoms with Crippen molar-refractivity contribution < 1.29 is 11.0 Å². The summed E-state index contributed by atoms with van der Waals surface area (Å²) in [6.45, 7) is 25.0. The Labute approximate surface area is 170 Å². The van der Waals surface area contributed by atoms with E-state index in [0.29, 0.717) is 0 Å². The van der Waals surface area contributed by atoms with Gasteiger partial charge in [-0.2, -0.15) is 13.3 Å². The SMILES string of the molecule is C.CC(C)[CH2][Al]([CH2]C(C)C)[CH2]C(C)C.O.O.[CH2-]C.[CH2-]CCC.[Mg+2]. The number of unbranched alkanes of at least 4 members (excludes halogenated alkanes) is 1. The topological polar surface area (TPSA) is 63.0 Å². The molecular weight excluding hydrogens is 311 g/mol. The molecule has 0 atom stereocenters. The fourth-order valence-electron chi connectivity index (χ4n) is 2.29. The van der Waals surface area contributed by atoms with Gasteiger partial charge in [-0.3, -0.25) is 0 Å². The fourth-order valence-corrected chi connectivity index (χ4v) is 6.87. The second-order valence-corrected chi connectivity index (χ2v) is 9.75. The van der Waals surface area contributed by atoms with Crippen LogP contribution in [0.4, 0.5) is 0 Å². The predicted octanol–water partition coefficient (Wildman–Crippen LogP) is 5.52. The van der Waals surface area contributed by atoms with E-state index in [0.717, 1.165) is 24.2 Å². The average Bonchev–Trinajstić information content (AvgIpc) is 2.29. The predicted molar refractivity (Wildman–Crippen MR) is 116 cm³/mol. The first kappa shape index (κ1) is 44.0. The third-order valence-electron chi connectivity index (χ3n) is 2.77. The van der Waals surface area contributed by atoms with Crippen LogP contribution >= 0.6 is 0 Å². The first-order valence-electron chi connectivity index (χ1n) is 8.33. The smallest absolute Gasteiger partial charge is 0.412 e. The van der Waals surface area contributed by atoms with E-state index >= 15 is 0 Å². The number of hydrogen-bond donors (Lipinski definition) is 0. The van der Waals surface area contributed by atoms with Crippen LogP contribution in [0, 0.1) is 31.6 Å². The van der Waals surface area contributed by atoms with Crippen molar-refractivity contribution >= 4 is 37.2 Å². The van der Waals surface area contributed by atoms with Crippen LogP contribution in [-0.4, -0.2) is 48.2 Å². The normalized spacial score (nSPS) is 8.22. The molecule has 142 valence electrons. The Morgan fingerprint density at radius 3 is 1.00 bits per heavy atom. The van der Waals surface area contributed by atoms with Crippen LogP contribution in [0.1, 0.15) is 75.7 Å². The first-order valence-corrected chi connectivity index (χ1v) is 10.8. The van der Waals surface area contributed by atoms with Crippen molar-refractivity contribution in [2.45, 2.75) is 91.5 Å². The summed E-state index contributed by atoms with van der Waals surface area (Å²) < 4.78 is 0. The molecule has 0 saturated heterocycles. The summed E-state index contributed by atoms with van der Waals surface area (Å²) in [6, 6.07) is 0. The molecule has 0 bridgehead atoms. The van der Waals surface area contributed by atoms with E-state index in [1.54, 1.807) is 22.8 Å². The van der Waals surface area contributed by atoms with E-state index in [1.807, 2.05) is 0 Å². The molecule has 0 aliphatic rings. The molecule has 0 fully saturated rings. The van der Waals surface area contributed by atoms with E-state index in [-0.39, 0.29) is 41.4 Å². The molecule has 0 aliphatic heterocycles. The fraction of sp³-hybridized carbons (Fsp3) is 0.895. The van der Waals surface area contributed by atoms with Crippen molar-refractivity contribution in [2.75, 3.05) is 0 Å². The van der Waals surface area contributed by atoms with Gasteiger partial charge in [0.1, 0.15) is 0 Å². The van der Waals surface area contributed by atoms with Crippen molar-refractivity contribution in [1.29, 1.82) is 0 Å². The molecule has 4 heteroatoms. The Kier molecular flexibility index (Phi) is 66.1. The summed E-state index contributed by atoms with van der Waals surface area (Å²) in [4.78, 5) is 0. The summed E-state index contributed by atoms with van der Waals surface area (Å²) in [7, 11) is 0. The van der Waals surface area contributed by atoms with Gasteiger partial charge in [0.2, 0.25) is 0 Å². The van der Waals surface area contributed by atoms with Crippen LogP contribution < -0.4 is 0 Å². The van der Waals surface area contributed by atoms with Gasteiger partial charge < -0.3 is 24.8 Å². The Balaban J connectivity index is -0.0000000450. The third-order valence-corrected chi connectivity index (χ3v) is 7.60. The van der Waals surface area contributed by atoms with Crippen molar-refractivity contribution in [1.82, 2.24) is 0 Å². The van der Waals surface area contributed by atoms with Gasteiger partial charge in [0.15, 0.2) is 0 Å². The van der Waals surface area contributed by atoms with Gasteiger partial charge in [0.25, 0.3) is 14.1 Å². The molecule has 0 heterocycles. The molecule has 0 spiro atoms. The maximum atomic E-state index is 3.60. The van der Waals surface area contributed by atoms with Crippen LogP contribution in [0.15, 0.2) is 0 Å². The zero-order valence-corrected chi connectivity index (χ0v) is 19.5. The molecule has 0 aliphatic carbocycles. The Bertz CT molecular complexity index is 129. The molecule has 0 unspecified atom stereocenters. The van der Waals surface area contributed by atoms with E-state index < -0.39 is 14.1 Å². The maximum Gasteiger partial charge on any atom is 2.00 e. The molecule has 0 amide bonds. The minimum atomic E-state index is -0.407. The molecule has 0 aromatic rings. The number of hydrogen-bond acceptors (Lipinski definition) is 0. The standard InChI is InChI=1S/4C4H9.C2H5.CH4.Al.Mg.2H2O/c3*1-4(2)3;1-3-4-2;1-2;;;;;/h3*4H,1H2,2-3H3;1,3-4H2,2H3;1H2,2H3;1H4;;;2*1H2/q;;;2*-1;;;+2;;. The second kappa shape index (κ2) is 34.5. The van der Waals surface area contributed by atoms with Crippen LogP contribution in [-0.2, 0) is 0 Å². The molecule has 0 radical (unpaired) electrons. The Hall–Kier alpha value is 1.22. The second-order valence-electron chi connectivity index (χ2n) is 6.61. The molecule has 0 aromatic heterocycles. The quantitative estimate of drug-likeness (QED) is 0.424. The van der Waals surface area contributed by atoms with E-state index in [9.17, 15) is 0 Å². The van der Waals surface area contributed by atoms with Crippen molar-refractivity contribution in [3.8, 4) is 0 Å². The van der Waals surface area contributed by atoms with Gasteiger partial charge in [-0.25, -0.2) is 0 Å². The van der Waals surface area contributed by atoms with E-state index in [1.165, 1.54) is 6.42 Å². The summed E-state index contributed by atoms with van der Waals surface area (Å²) in [6.07, 6.45) is 2.28. The van der Waals surface area contributed by atoms with Gasteiger partial charge in [-0.05, 0) is 0 Å². The van der Waals surface area contributed by atoms with Crippen LogP contribution in [0.25, 0.3) is 0 Å². The molecule has 0 rings (SSSR count). The van der Waals surface area contributed by atoms with Crippen molar-refractivity contribution in [3.05, 3.63) is 13.8 Å². The zero-order chi connectivity index (χ0) is 15.8. The molecule has 4 N–H and O–H groups in total. The van der Waals surface area contributed by atoms with Gasteiger partial charge in [-0.1, -0.05) is 95.9 Å². The van der Waals surface area contributed by atoms with Gasteiger partial charge >= 0.3 is 23.1 Å². The molecule has 0 saturated carbocycles. The van der Waals surface area contributed by atoms with Crippen LogP contribution in [0.5, 0.6) is 0 Å². The van der Waals surface area contributed by atoms with Gasteiger partial charge in [0.05, 0.1) is 0 Å². The van der Waals surface area contributed by atoms with E-state index in [2.05, 4.69) is 62.3 Å². The van der Waals surface area contributed by atoms with Crippen LogP contribution in [0.3, 0.4) is 0 Å². The molecule has 0 aromatic carbocycles. The van der Waals surface area contributed by atoms with Gasteiger partial charge in [0, 0.05) is 0 Å². The largest absolute Gasteiger partial charge is 2.00 e. The van der Waals surface area contributed by atoms with Crippen molar-refractivity contribution in [3.63, 3.8) is 0 Å². The summed E-state index contributed by atoms with van der Waals surface area (Å²) in [5, 5.41) is 4.66. The van der Waals surface area contributed by atoms with E-state index in [4.69, 9.17) is 0 Å². The van der Waals surface area contributed by atoms with Crippen molar-refractivity contribution in [2.24, 2.45) is 17.8 Å². The molecule has 23 heavy (non-hydrogen) atoms. The monoisotopic (exact) mass is 360 g/mol. The molecule has 2 nitrogen and oxygen atoms in total.